The molecule has 7 atom stereocenters. The summed E-state index contributed by atoms with van der Waals surface area (Å²) in [7, 11) is -3.71. The molecule has 222 valence electrons. The summed E-state index contributed by atoms with van der Waals surface area (Å²) in [6, 6.07) is 0. The van der Waals surface area contributed by atoms with E-state index in [2.05, 4.69) is 94.6 Å². The van der Waals surface area contributed by atoms with E-state index in [-0.39, 0.29) is 21.6 Å². The molecule has 5 heteroatoms. The van der Waals surface area contributed by atoms with Crippen LogP contribution in [0.5, 0.6) is 0 Å². The second-order valence-electron chi connectivity index (χ2n) is 17.0. The SMILES string of the molecule is C/C=C1\CCC2[C@H](CO[Si](C)(C)C(C)(C)C)C([C@@]3(C)CC[C@H](O)C[C@@H]3CO[Si](C)(C)C(C)(C)C)CC[C@]12C. The minimum atomic E-state index is -1.86. The summed E-state index contributed by atoms with van der Waals surface area (Å²) in [5, 5.41) is 11.3. The second-order valence-corrected chi connectivity index (χ2v) is 26.6. The molecule has 3 nitrogen and oxygen atoms in total. The van der Waals surface area contributed by atoms with Crippen molar-refractivity contribution >= 4 is 16.6 Å². The van der Waals surface area contributed by atoms with Crippen LogP contribution in [0.25, 0.3) is 0 Å². The Morgan fingerprint density at radius 1 is 0.842 bits per heavy atom. The van der Waals surface area contributed by atoms with Gasteiger partial charge in [-0.25, -0.2) is 0 Å². The van der Waals surface area contributed by atoms with E-state index >= 15 is 0 Å². The average Bonchev–Trinajstić information content (AvgIpc) is 3.13. The van der Waals surface area contributed by atoms with Crippen molar-refractivity contribution in [2.75, 3.05) is 13.2 Å². The van der Waals surface area contributed by atoms with Crippen LogP contribution in [0.15, 0.2) is 11.6 Å². The van der Waals surface area contributed by atoms with E-state index in [1.165, 1.54) is 25.7 Å². The largest absolute Gasteiger partial charge is 0.417 e. The maximum absolute atomic E-state index is 10.9. The Morgan fingerprint density at radius 3 is 1.92 bits per heavy atom. The molecule has 0 amide bonds. The Morgan fingerprint density at radius 2 is 1.39 bits per heavy atom. The van der Waals surface area contributed by atoms with Gasteiger partial charge in [0.25, 0.3) is 0 Å². The van der Waals surface area contributed by atoms with Gasteiger partial charge in [-0.1, -0.05) is 67.0 Å². The van der Waals surface area contributed by atoms with Gasteiger partial charge in [-0.15, -0.1) is 0 Å². The number of aliphatic hydroxyl groups is 1. The second kappa shape index (κ2) is 11.0. The third-order valence-electron chi connectivity index (χ3n) is 12.9. The Kier molecular flexibility index (Phi) is 9.46. The molecule has 0 radical (unpaired) electrons. The fourth-order valence-electron chi connectivity index (χ4n) is 7.85. The van der Waals surface area contributed by atoms with Gasteiger partial charge in [0, 0.05) is 13.2 Å². The molecular formula is C33H64O3Si2. The molecule has 0 aromatic carbocycles. The highest BCUT2D eigenvalue weighted by Gasteiger charge is 2.57. The van der Waals surface area contributed by atoms with Gasteiger partial charge >= 0.3 is 0 Å². The van der Waals surface area contributed by atoms with Gasteiger partial charge in [0.05, 0.1) is 6.10 Å². The van der Waals surface area contributed by atoms with E-state index in [4.69, 9.17) is 8.85 Å². The molecule has 3 fully saturated rings. The summed E-state index contributed by atoms with van der Waals surface area (Å²) in [6.07, 6.45) is 10.3. The van der Waals surface area contributed by atoms with Crippen molar-refractivity contribution in [3.05, 3.63) is 11.6 Å². The Hall–Kier alpha value is 0.0538. The number of allylic oxidation sites excluding steroid dienone is 2. The van der Waals surface area contributed by atoms with Gasteiger partial charge in [0.15, 0.2) is 16.6 Å². The van der Waals surface area contributed by atoms with E-state index < -0.39 is 16.6 Å². The average molecular weight is 565 g/mol. The van der Waals surface area contributed by atoms with Crippen molar-refractivity contribution in [2.45, 2.75) is 150 Å². The normalized spacial score (nSPS) is 38.5. The van der Waals surface area contributed by atoms with Crippen LogP contribution in [0.3, 0.4) is 0 Å². The lowest BCUT2D eigenvalue weighted by Gasteiger charge is -2.57. The first-order valence-corrected chi connectivity index (χ1v) is 21.6. The summed E-state index contributed by atoms with van der Waals surface area (Å²) in [6.45, 7) is 32.8. The molecule has 0 aromatic rings. The molecule has 0 heterocycles. The van der Waals surface area contributed by atoms with E-state index in [9.17, 15) is 5.11 Å². The van der Waals surface area contributed by atoms with Gasteiger partial charge in [-0.3, -0.25) is 0 Å². The minimum absolute atomic E-state index is 0.184. The molecule has 38 heavy (non-hydrogen) atoms. The number of rotatable bonds is 7. The third kappa shape index (κ3) is 6.12. The zero-order chi connectivity index (χ0) is 28.9. The molecule has 3 aliphatic carbocycles. The van der Waals surface area contributed by atoms with Crippen molar-refractivity contribution in [1.29, 1.82) is 0 Å². The molecule has 0 aromatic heterocycles. The summed E-state index contributed by atoms with van der Waals surface area (Å²) < 4.78 is 14.0. The summed E-state index contributed by atoms with van der Waals surface area (Å²) in [5.41, 5.74) is 2.20. The third-order valence-corrected chi connectivity index (χ3v) is 21.9. The van der Waals surface area contributed by atoms with Crippen molar-refractivity contribution in [1.82, 2.24) is 0 Å². The highest BCUT2D eigenvalue weighted by Crippen LogP contribution is 2.64. The predicted octanol–water partition coefficient (Wildman–Crippen LogP) is 9.59. The first-order chi connectivity index (χ1) is 17.2. The standard InChI is InChI=1S/C33H64O3Si2/c1-14-24-15-16-28-27(23-36-38(12,13)31(5,6)7)29(18-20-32(24,28)8)33(9)19-17-26(34)21-25(33)22-35-37(10,11)30(2,3)4/h14,25-29,34H,15-23H2,1-13H3/b24-14+/t25-,26+,27+,28?,29?,32-,33+/m1/s1. The van der Waals surface area contributed by atoms with Crippen LogP contribution in [-0.4, -0.2) is 41.1 Å². The number of fused-ring (bicyclic) bond motifs is 1. The van der Waals surface area contributed by atoms with Crippen molar-refractivity contribution in [2.24, 2.45) is 34.5 Å². The smallest absolute Gasteiger partial charge is 0.191 e. The van der Waals surface area contributed by atoms with E-state index in [1.807, 2.05) is 0 Å². The lowest BCUT2D eigenvalue weighted by Crippen LogP contribution is -2.54. The maximum Gasteiger partial charge on any atom is 0.191 e. The molecule has 0 bridgehead atoms. The van der Waals surface area contributed by atoms with Crippen LogP contribution in [0.1, 0.15) is 107 Å². The van der Waals surface area contributed by atoms with Crippen LogP contribution >= 0.6 is 0 Å². The molecule has 0 saturated heterocycles. The summed E-state index contributed by atoms with van der Waals surface area (Å²) >= 11 is 0. The van der Waals surface area contributed by atoms with Gasteiger partial charge in [0.2, 0.25) is 0 Å². The Labute approximate surface area is 239 Å². The van der Waals surface area contributed by atoms with Gasteiger partial charge in [0.1, 0.15) is 0 Å². The monoisotopic (exact) mass is 564 g/mol. The number of aliphatic hydroxyl groups excluding tert-OH is 1. The van der Waals surface area contributed by atoms with Crippen molar-refractivity contribution in [3.63, 3.8) is 0 Å². The zero-order valence-corrected chi connectivity index (χ0v) is 29.6. The molecule has 2 unspecified atom stereocenters. The van der Waals surface area contributed by atoms with E-state index in [0.717, 1.165) is 32.5 Å². The molecular weight excluding hydrogens is 501 g/mol. The van der Waals surface area contributed by atoms with Crippen LogP contribution < -0.4 is 0 Å². The van der Waals surface area contributed by atoms with Crippen LogP contribution in [-0.2, 0) is 8.85 Å². The first kappa shape index (κ1) is 32.6. The topological polar surface area (TPSA) is 38.7 Å². The Bertz CT molecular complexity index is 851. The fraction of sp³-hybridized carbons (Fsp3) is 0.939. The molecule has 3 aliphatic rings. The van der Waals surface area contributed by atoms with Crippen LogP contribution in [0, 0.1) is 34.5 Å². The number of hydrogen-bond donors (Lipinski definition) is 1. The van der Waals surface area contributed by atoms with E-state index in [0.29, 0.717) is 29.1 Å². The predicted molar refractivity (Wildman–Crippen MR) is 169 cm³/mol. The zero-order valence-electron chi connectivity index (χ0n) is 27.6. The summed E-state index contributed by atoms with van der Waals surface area (Å²) in [4.78, 5) is 0. The van der Waals surface area contributed by atoms with Gasteiger partial charge in [-0.05, 0) is 123 Å². The molecule has 0 aliphatic heterocycles. The maximum atomic E-state index is 10.9. The van der Waals surface area contributed by atoms with Gasteiger partial charge in [-0.2, -0.15) is 0 Å². The Balaban J connectivity index is 1.96. The van der Waals surface area contributed by atoms with Crippen LogP contribution in [0.4, 0.5) is 0 Å². The highest BCUT2D eigenvalue weighted by molar-refractivity contribution is 6.74. The lowest BCUT2D eigenvalue weighted by atomic mass is 9.49. The number of hydrogen-bond acceptors (Lipinski definition) is 3. The van der Waals surface area contributed by atoms with Crippen molar-refractivity contribution < 1.29 is 14.0 Å². The first-order valence-electron chi connectivity index (χ1n) is 15.8. The van der Waals surface area contributed by atoms with E-state index in [1.54, 1.807) is 5.57 Å². The van der Waals surface area contributed by atoms with Gasteiger partial charge < -0.3 is 14.0 Å². The molecule has 1 N–H and O–H groups in total. The highest BCUT2D eigenvalue weighted by atomic mass is 28.4. The van der Waals surface area contributed by atoms with Crippen LogP contribution in [0.2, 0.25) is 36.3 Å². The molecule has 0 spiro atoms. The summed E-state index contributed by atoms with van der Waals surface area (Å²) in [5.74, 6) is 2.31. The molecule has 3 rings (SSSR count). The fourth-order valence-corrected chi connectivity index (χ4v) is 9.94. The molecule has 3 saturated carbocycles. The van der Waals surface area contributed by atoms with Crippen molar-refractivity contribution in [3.8, 4) is 0 Å². The quantitative estimate of drug-likeness (QED) is 0.247. The lowest BCUT2D eigenvalue weighted by molar-refractivity contribution is -0.102. The minimum Gasteiger partial charge on any atom is -0.417 e.